The maximum Gasteiger partial charge on any atom is 0.0289 e. The topological polar surface area (TPSA) is 12.0 Å². The second-order valence-electron chi connectivity index (χ2n) is 2.56. The Kier molecular flexibility index (Phi) is 5.55. The number of nitrogens with one attached hydrogen (secondary N) is 1. The second-order valence-corrected chi connectivity index (χ2v) is 3.48. The van der Waals surface area contributed by atoms with Crippen molar-refractivity contribution >= 4 is 28.3 Å². The van der Waals surface area contributed by atoms with E-state index in [1.165, 1.54) is 5.56 Å². The molecule has 0 saturated heterocycles. The Bertz CT molecular complexity index is 222. The summed E-state index contributed by atoms with van der Waals surface area (Å²) in [7, 11) is 1.96. The van der Waals surface area contributed by atoms with Crippen molar-refractivity contribution in [2.45, 2.75) is 13.0 Å². The molecule has 0 aliphatic carbocycles. The number of halogens is 2. The van der Waals surface area contributed by atoms with Gasteiger partial charge in [0.15, 0.2) is 0 Å². The molecular weight excluding hydrogens is 237 g/mol. The van der Waals surface area contributed by atoms with Gasteiger partial charge < -0.3 is 5.32 Å². The summed E-state index contributed by atoms with van der Waals surface area (Å²) in [5, 5.41) is 3.19. The molecule has 0 amide bonds. The molecule has 1 aromatic carbocycles. The maximum atomic E-state index is 3.40. The third-order valence-electron chi connectivity index (χ3n) is 1.80. The monoisotopic (exact) mass is 249 g/mol. The van der Waals surface area contributed by atoms with E-state index in [9.17, 15) is 0 Å². The highest BCUT2D eigenvalue weighted by atomic mass is 79.9. The lowest BCUT2D eigenvalue weighted by Crippen LogP contribution is -2.11. The van der Waals surface area contributed by atoms with Gasteiger partial charge in [-0.3, -0.25) is 0 Å². The summed E-state index contributed by atoms with van der Waals surface area (Å²) < 4.78 is 1.13. The van der Waals surface area contributed by atoms with Crippen molar-refractivity contribution in [3.63, 3.8) is 0 Å². The standard InChI is InChI=1S/C9H12BrN.ClH/c1-7(11-2)8-3-5-9(10)6-4-8;/h3-7,11H,1-2H3;1H. The fraction of sp³-hybridized carbons (Fsp3) is 0.333. The van der Waals surface area contributed by atoms with E-state index >= 15 is 0 Å². The highest BCUT2D eigenvalue weighted by molar-refractivity contribution is 9.10. The normalized spacial score (nSPS) is 11.9. The molecule has 0 heterocycles. The number of rotatable bonds is 2. The first-order valence-corrected chi connectivity index (χ1v) is 4.46. The highest BCUT2D eigenvalue weighted by Gasteiger charge is 1.99. The molecule has 0 saturated carbocycles. The Morgan fingerprint density at radius 1 is 1.25 bits per heavy atom. The molecule has 1 rings (SSSR count). The zero-order chi connectivity index (χ0) is 8.27. The summed E-state index contributed by atoms with van der Waals surface area (Å²) >= 11 is 3.40. The van der Waals surface area contributed by atoms with Gasteiger partial charge in [0, 0.05) is 10.5 Å². The van der Waals surface area contributed by atoms with E-state index < -0.39 is 0 Å². The molecule has 0 aromatic heterocycles. The van der Waals surface area contributed by atoms with Gasteiger partial charge in [-0.2, -0.15) is 0 Å². The summed E-state index contributed by atoms with van der Waals surface area (Å²) in [6.45, 7) is 2.14. The van der Waals surface area contributed by atoms with E-state index in [1.807, 2.05) is 7.05 Å². The molecule has 68 valence electrons. The van der Waals surface area contributed by atoms with Gasteiger partial charge in [0.2, 0.25) is 0 Å². The number of benzene rings is 1. The molecule has 1 aromatic rings. The minimum atomic E-state index is 0. The van der Waals surface area contributed by atoms with E-state index in [-0.39, 0.29) is 12.4 Å². The van der Waals surface area contributed by atoms with E-state index in [2.05, 4.69) is 52.4 Å². The molecule has 0 bridgehead atoms. The van der Waals surface area contributed by atoms with Gasteiger partial charge in [-0.15, -0.1) is 12.4 Å². The van der Waals surface area contributed by atoms with Crippen molar-refractivity contribution in [3.8, 4) is 0 Å². The van der Waals surface area contributed by atoms with Crippen molar-refractivity contribution in [3.05, 3.63) is 34.3 Å². The van der Waals surface area contributed by atoms with Gasteiger partial charge in [-0.1, -0.05) is 28.1 Å². The molecule has 1 atom stereocenters. The third-order valence-corrected chi connectivity index (χ3v) is 2.33. The zero-order valence-corrected chi connectivity index (χ0v) is 9.58. The van der Waals surface area contributed by atoms with Crippen LogP contribution in [-0.2, 0) is 0 Å². The van der Waals surface area contributed by atoms with Gasteiger partial charge in [0.25, 0.3) is 0 Å². The van der Waals surface area contributed by atoms with Crippen LogP contribution in [0.4, 0.5) is 0 Å². The van der Waals surface area contributed by atoms with Gasteiger partial charge >= 0.3 is 0 Å². The Balaban J connectivity index is 0.00000121. The molecule has 0 aliphatic heterocycles. The van der Waals surface area contributed by atoms with Crippen molar-refractivity contribution in [2.24, 2.45) is 0 Å². The van der Waals surface area contributed by atoms with Gasteiger partial charge in [-0.25, -0.2) is 0 Å². The molecular formula is C9H13BrClN. The first kappa shape index (κ1) is 11.9. The summed E-state index contributed by atoms with van der Waals surface area (Å²) in [5.74, 6) is 0. The highest BCUT2D eigenvalue weighted by Crippen LogP contribution is 2.15. The Labute approximate surface area is 88.1 Å². The molecule has 1 N–H and O–H groups in total. The van der Waals surface area contributed by atoms with Crippen molar-refractivity contribution in [2.75, 3.05) is 7.05 Å². The van der Waals surface area contributed by atoms with Gasteiger partial charge in [-0.05, 0) is 31.7 Å². The number of hydrogen-bond donors (Lipinski definition) is 1. The minimum Gasteiger partial charge on any atom is -0.313 e. The van der Waals surface area contributed by atoms with Crippen LogP contribution in [0.25, 0.3) is 0 Å². The van der Waals surface area contributed by atoms with Crippen molar-refractivity contribution in [1.82, 2.24) is 5.32 Å². The van der Waals surface area contributed by atoms with E-state index in [0.717, 1.165) is 4.47 Å². The van der Waals surface area contributed by atoms with Crippen LogP contribution in [0.2, 0.25) is 0 Å². The second kappa shape index (κ2) is 5.57. The lowest BCUT2D eigenvalue weighted by molar-refractivity contribution is 0.652. The fourth-order valence-electron chi connectivity index (χ4n) is 0.918. The molecule has 1 unspecified atom stereocenters. The Morgan fingerprint density at radius 2 is 1.75 bits per heavy atom. The average molecular weight is 251 g/mol. The van der Waals surface area contributed by atoms with Gasteiger partial charge in [0.05, 0.1) is 0 Å². The van der Waals surface area contributed by atoms with Crippen LogP contribution in [0.1, 0.15) is 18.5 Å². The first-order chi connectivity index (χ1) is 5.24. The smallest absolute Gasteiger partial charge is 0.0289 e. The quantitative estimate of drug-likeness (QED) is 0.850. The summed E-state index contributed by atoms with van der Waals surface area (Å²) in [4.78, 5) is 0. The fourth-order valence-corrected chi connectivity index (χ4v) is 1.18. The predicted molar refractivity (Wildman–Crippen MR) is 58.9 cm³/mol. The largest absolute Gasteiger partial charge is 0.313 e. The molecule has 0 fully saturated rings. The third kappa shape index (κ3) is 3.13. The van der Waals surface area contributed by atoms with Crippen LogP contribution in [0, 0.1) is 0 Å². The van der Waals surface area contributed by atoms with E-state index in [4.69, 9.17) is 0 Å². The zero-order valence-electron chi connectivity index (χ0n) is 7.17. The van der Waals surface area contributed by atoms with Crippen LogP contribution < -0.4 is 5.32 Å². The Hall–Kier alpha value is -0.0500. The molecule has 0 aliphatic rings. The van der Waals surface area contributed by atoms with Crippen LogP contribution >= 0.6 is 28.3 Å². The van der Waals surface area contributed by atoms with Gasteiger partial charge in [0.1, 0.15) is 0 Å². The molecule has 0 radical (unpaired) electrons. The molecule has 12 heavy (non-hydrogen) atoms. The minimum absolute atomic E-state index is 0. The van der Waals surface area contributed by atoms with Crippen molar-refractivity contribution < 1.29 is 0 Å². The molecule has 3 heteroatoms. The van der Waals surface area contributed by atoms with Crippen LogP contribution in [0.3, 0.4) is 0 Å². The average Bonchev–Trinajstić information content (AvgIpc) is 2.05. The van der Waals surface area contributed by atoms with Crippen LogP contribution in [0.5, 0.6) is 0 Å². The van der Waals surface area contributed by atoms with Crippen LogP contribution in [0.15, 0.2) is 28.7 Å². The Morgan fingerprint density at radius 3 is 2.17 bits per heavy atom. The maximum absolute atomic E-state index is 3.40. The molecule has 0 spiro atoms. The van der Waals surface area contributed by atoms with Crippen molar-refractivity contribution in [1.29, 1.82) is 0 Å². The summed E-state index contributed by atoms with van der Waals surface area (Å²) in [6, 6.07) is 8.78. The van der Waals surface area contributed by atoms with Crippen LogP contribution in [-0.4, -0.2) is 7.05 Å². The number of hydrogen-bond acceptors (Lipinski definition) is 1. The lowest BCUT2D eigenvalue weighted by Gasteiger charge is -2.09. The SMILES string of the molecule is CNC(C)c1ccc(Br)cc1.Cl. The van der Waals surface area contributed by atoms with E-state index in [0.29, 0.717) is 6.04 Å². The first-order valence-electron chi connectivity index (χ1n) is 3.67. The molecule has 1 nitrogen and oxygen atoms in total. The van der Waals surface area contributed by atoms with E-state index in [1.54, 1.807) is 0 Å². The summed E-state index contributed by atoms with van der Waals surface area (Å²) in [6.07, 6.45) is 0. The predicted octanol–water partition coefficient (Wildman–Crippen LogP) is 3.15. The lowest BCUT2D eigenvalue weighted by atomic mass is 10.1. The summed E-state index contributed by atoms with van der Waals surface area (Å²) in [5.41, 5.74) is 1.32.